The van der Waals surface area contributed by atoms with Crippen molar-refractivity contribution in [3.63, 3.8) is 0 Å². The van der Waals surface area contributed by atoms with Gasteiger partial charge in [0, 0.05) is 16.5 Å². The van der Waals surface area contributed by atoms with Gasteiger partial charge < -0.3 is 6.58 Å². The van der Waals surface area contributed by atoms with Crippen LogP contribution in [0, 0.1) is 6.58 Å². The van der Waals surface area contributed by atoms with Crippen LogP contribution in [0.1, 0.15) is 26.2 Å². The van der Waals surface area contributed by atoms with Gasteiger partial charge in [-0.2, -0.15) is 0 Å². The molecular formula is C6H11Ni-. The van der Waals surface area contributed by atoms with Crippen LogP contribution in [0.4, 0.5) is 0 Å². The molecule has 0 saturated carbocycles. The van der Waals surface area contributed by atoms with E-state index in [-0.39, 0.29) is 16.5 Å². The molecule has 0 saturated heterocycles. The monoisotopic (exact) mass is 141 g/mol. The van der Waals surface area contributed by atoms with Gasteiger partial charge in [-0.1, -0.05) is 26.2 Å². The first-order valence-corrected chi connectivity index (χ1v) is 2.45. The molecular weight excluding hydrogens is 131 g/mol. The third-order valence-corrected chi connectivity index (χ3v) is 0.724. The molecule has 0 radical (unpaired) electrons. The Bertz CT molecular complexity index is 33.2. The molecule has 0 bridgehead atoms. The van der Waals surface area contributed by atoms with Crippen molar-refractivity contribution in [2.45, 2.75) is 26.2 Å². The van der Waals surface area contributed by atoms with Crippen LogP contribution in [-0.4, -0.2) is 0 Å². The third kappa shape index (κ3) is 10.7. The van der Waals surface area contributed by atoms with Crippen molar-refractivity contribution in [2.24, 2.45) is 0 Å². The smallest absolute Gasteiger partial charge is 0 e. The van der Waals surface area contributed by atoms with Gasteiger partial charge in [-0.15, -0.1) is 0 Å². The number of rotatable bonds is 3. The zero-order valence-electron chi connectivity index (χ0n) is 4.59. The predicted molar refractivity (Wildman–Crippen MR) is 28.4 cm³/mol. The van der Waals surface area contributed by atoms with E-state index in [4.69, 9.17) is 6.58 Å². The summed E-state index contributed by atoms with van der Waals surface area (Å²) in [6.45, 7) is 7.25. The molecule has 0 atom stereocenters. The largest absolute Gasteiger partial charge is 0.518 e. The van der Waals surface area contributed by atoms with Crippen molar-refractivity contribution < 1.29 is 16.5 Å². The Balaban J connectivity index is 0. The van der Waals surface area contributed by atoms with Crippen molar-refractivity contribution in [1.82, 2.24) is 0 Å². The van der Waals surface area contributed by atoms with E-state index < -0.39 is 0 Å². The molecule has 0 aliphatic rings. The topological polar surface area (TPSA) is 0 Å². The summed E-state index contributed by atoms with van der Waals surface area (Å²) < 4.78 is 0. The molecule has 0 rings (SSSR count). The zero-order valence-corrected chi connectivity index (χ0v) is 5.58. The van der Waals surface area contributed by atoms with E-state index in [1.807, 2.05) is 0 Å². The van der Waals surface area contributed by atoms with Gasteiger partial charge >= 0.3 is 0 Å². The Labute approximate surface area is 55.9 Å². The summed E-state index contributed by atoms with van der Waals surface area (Å²) in [6, 6.07) is 0. The second kappa shape index (κ2) is 9.53. The molecule has 0 unspecified atom stereocenters. The van der Waals surface area contributed by atoms with Crippen LogP contribution >= 0.6 is 0 Å². The fourth-order valence-electron chi connectivity index (χ4n) is 0.322. The molecule has 7 heavy (non-hydrogen) atoms. The van der Waals surface area contributed by atoms with Gasteiger partial charge in [-0.05, 0) is 0 Å². The van der Waals surface area contributed by atoms with E-state index in [1.165, 1.54) is 12.8 Å². The summed E-state index contributed by atoms with van der Waals surface area (Å²) in [7, 11) is 0. The maximum Gasteiger partial charge on any atom is 0 e. The molecule has 0 heterocycles. The van der Waals surface area contributed by atoms with Gasteiger partial charge in [0.25, 0.3) is 0 Å². The summed E-state index contributed by atoms with van der Waals surface area (Å²) in [4.78, 5) is 0. The van der Waals surface area contributed by atoms with Crippen LogP contribution in [0.15, 0.2) is 6.08 Å². The molecule has 0 amide bonds. The van der Waals surface area contributed by atoms with Gasteiger partial charge in [0.2, 0.25) is 0 Å². The average molecular weight is 142 g/mol. The molecule has 1 heteroatoms. The summed E-state index contributed by atoms with van der Waals surface area (Å²) in [5.74, 6) is 0. The number of hydrogen-bond acceptors (Lipinski definition) is 0. The molecule has 0 aliphatic heterocycles. The third-order valence-electron chi connectivity index (χ3n) is 0.724. The SMILES string of the molecule is [CH-]=CCCCC.[Ni]. The van der Waals surface area contributed by atoms with E-state index in [0.717, 1.165) is 6.42 Å². The molecule has 0 fully saturated rings. The fourth-order valence-corrected chi connectivity index (χ4v) is 0.322. The Hall–Kier alpha value is 0.234. The Morgan fingerprint density at radius 3 is 2.29 bits per heavy atom. The van der Waals surface area contributed by atoms with E-state index in [9.17, 15) is 0 Å². The summed E-state index contributed by atoms with van der Waals surface area (Å²) in [5.41, 5.74) is 0. The molecule has 0 spiro atoms. The zero-order chi connectivity index (χ0) is 4.83. The molecule has 0 aliphatic carbocycles. The predicted octanol–water partition coefficient (Wildman–Crippen LogP) is 2.16. The minimum atomic E-state index is 0. The van der Waals surface area contributed by atoms with Crippen molar-refractivity contribution >= 4 is 0 Å². The fraction of sp³-hybridized carbons (Fsp3) is 0.667. The minimum Gasteiger partial charge on any atom is -0.518 e. The van der Waals surface area contributed by atoms with E-state index in [1.54, 1.807) is 6.08 Å². The Morgan fingerprint density at radius 1 is 1.57 bits per heavy atom. The number of hydrogen-bond donors (Lipinski definition) is 0. The Kier molecular flexibility index (Phi) is 14.0. The molecule has 0 nitrogen and oxygen atoms in total. The van der Waals surface area contributed by atoms with Crippen LogP contribution in [-0.2, 0) is 16.5 Å². The standard InChI is InChI=1S/C6H11.Ni/c1-3-5-6-4-2;/h1,3H,4-6H2,2H3;/q-1;. The van der Waals surface area contributed by atoms with E-state index in [2.05, 4.69) is 6.92 Å². The Morgan fingerprint density at radius 2 is 2.14 bits per heavy atom. The summed E-state index contributed by atoms with van der Waals surface area (Å²) in [5, 5.41) is 0. The first-order valence-electron chi connectivity index (χ1n) is 2.45. The number of unbranched alkanes of at least 4 members (excludes halogenated alkanes) is 2. The van der Waals surface area contributed by atoms with Gasteiger partial charge in [-0.25, -0.2) is 0 Å². The first kappa shape index (κ1) is 10.3. The van der Waals surface area contributed by atoms with Crippen molar-refractivity contribution in [2.75, 3.05) is 0 Å². The van der Waals surface area contributed by atoms with Crippen molar-refractivity contribution in [3.05, 3.63) is 12.7 Å². The van der Waals surface area contributed by atoms with Gasteiger partial charge in [0.05, 0.1) is 0 Å². The first-order chi connectivity index (χ1) is 2.91. The van der Waals surface area contributed by atoms with Crippen molar-refractivity contribution in [3.8, 4) is 0 Å². The van der Waals surface area contributed by atoms with Crippen LogP contribution in [0.25, 0.3) is 0 Å². The van der Waals surface area contributed by atoms with Gasteiger partial charge in [-0.3, -0.25) is 6.08 Å². The van der Waals surface area contributed by atoms with Gasteiger partial charge in [0.1, 0.15) is 0 Å². The average Bonchev–Trinajstić information content (AvgIpc) is 1.61. The van der Waals surface area contributed by atoms with E-state index in [0.29, 0.717) is 0 Å². The maximum absolute atomic E-state index is 5.09. The van der Waals surface area contributed by atoms with Crippen molar-refractivity contribution in [1.29, 1.82) is 0 Å². The number of allylic oxidation sites excluding steroid dienone is 1. The van der Waals surface area contributed by atoms with Crippen LogP contribution in [0.2, 0.25) is 0 Å². The normalized spacial score (nSPS) is 7.00. The quantitative estimate of drug-likeness (QED) is 0.321. The van der Waals surface area contributed by atoms with Gasteiger partial charge in [0.15, 0.2) is 0 Å². The van der Waals surface area contributed by atoms with Crippen LogP contribution < -0.4 is 0 Å². The van der Waals surface area contributed by atoms with Crippen LogP contribution in [0.5, 0.6) is 0 Å². The molecule has 0 aromatic heterocycles. The maximum atomic E-state index is 5.09. The van der Waals surface area contributed by atoms with E-state index >= 15 is 0 Å². The summed E-state index contributed by atoms with van der Waals surface area (Å²) >= 11 is 0. The molecule has 0 aromatic rings. The second-order valence-corrected chi connectivity index (χ2v) is 1.38. The molecule has 0 N–H and O–H groups in total. The van der Waals surface area contributed by atoms with Crippen LogP contribution in [0.3, 0.4) is 0 Å². The molecule has 46 valence electrons. The summed E-state index contributed by atoms with van der Waals surface area (Å²) in [6.07, 6.45) is 5.25. The molecule has 0 aromatic carbocycles. The minimum absolute atomic E-state index is 0. The second-order valence-electron chi connectivity index (χ2n) is 1.38.